The fourth-order valence-electron chi connectivity index (χ4n) is 2.05. The van der Waals surface area contributed by atoms with Crippen molar-refractivity contribution in [3.8, 4) is 0 Å². The molecule has 0 aliphatic rings. The second-order valence-corrected chi connectivity index (χ2v) is 6.19. The van der Waals surface area contributed by atoms with Gasteiger partial charge in [-0.25, -0.2) is 4.98 Å². The molecule has 1 aromatic carbocycles. The van der Waals surface area contributed by atoms with Crippen LogP contribution in [-0.4, -0.2) is 22.8 Å². The van der Waals surface area contributed by atoms with Crippen LogP contribution in [0.5, 0.6) is 0 Å². The van der Waals surface area contributed by atoms with Crippen molar-refractivity contribution < 1.29 is 4.79 Å². The van der Waals surface area contributed by atoms with E-state index in [4.69, 9.17) is 0 Å². The zero-order valence-corrected chi connectivity index (χ0v) is 13.2. The summed E-state index contributed by atoms with van der Waals surface area (Å²) in [6, 6.07) is 8.39. The third kappa shape index (κ3) is 3.45. The van der Waals surface area contributed by atoms with E-state index in [9.17, 15) is 4.79 Å². The summed E-state index contributed by atoms with van der Waals surface area (Å²) in [5.41, 5.74) is 3.24. The molecule has 0 spiro atoms. The second-order valence-electron chi connectivity index (χ2n) is 5.13. The van der Waals surface area contributed by atoms with Crippen molar-refractivity contribution in [2.45, 2.75) is 33.2 Å². The number of aryl methyl sites for hydroxylation is 2. The molecule has 0 saturated heterocycles. The highest BCUT2D eigenvalue weighted by molar-refractivity contribution is 7.09. The van der Waals surface area contributed by atoms with Crippen LogP contribution in [0.4, 0.5) is 0 Å². The highest BCUT2D eigenvalue weighted by Gasteiger charge is 2.18. The van der Waals surface area contributed by atoms with Gasteiger partial charge >= 0.3 is 0 Å². The molecule has 1 atom stereocenters. The molecule has 0 bridgehead atoms. The fourth-order valence-corrected chi connectivity index (χ4v) is 2.67. The van der Waals surface area contributed by atoms with Crippen molar-refractivity contribution in [3.05, 3.63) is 51.5 Å². The molecule has 20 heavy (non-hydrogen) atoms. The van der Waals surface area contributed by atoms with Crippen LogP contribution in [0.3, 0.4) is 0 Å². The summed E-state index contributed by atoms with van der Waals surface area (Å²) in [4.78, 5) is 18.4. The number of carbonyl (C=O) groups excluding carboxylic acids is 1. The number of likely N-dealkylation sites (N-methyl/N-ethyl adjacent to an activating group) is 1. The Bertz CT molecular complexity index is 589. The SMILES string of the molecule is Cc1ccc(C(C)N(C)C(=O)Cc2csc(C)n2)cc1. The molecule has 0 saturated carbocycles. The standard InChI is InChI=1S/C16H20N2OS/c1-11-5-7-14(8-6-11)12(2)18(4)16(19)9-15-10-20-13(3)17-15/h5-8,10,12H,9H2,1-4H3. The van der Waals surface area contributed by atoms with Gasteiger partial charge in [-0.2, -0.15) is 0 Å². The third-order valence-electron chi connectivity index (χ3n) is 3.53. The zero-order chi connectivity index (χ0) is 14.7. The highest BCUT2D eigenvalue weighted by Crippen LogP contribution is 2.20. The number of hydrogen-bond donors (Lipinski definition) is 0. The van der Waals surface area contributed by atoms with Gasteiger partial charge in [0.1, 0.15) is 0 Å². The number of amides is 1. The van der Waals surface area contributed by atoms with Crippen LogP contribution in [0.1, 0.15) is 34.8 Å². The Morgan fingerprint density at radius 2 is 1.95 bits per heavy atom. The number of thiazole rings is 1. The maximum atomic E-state index is 12.3. The molecule has 0 fully saturated rings. The lowest BCUT2D eigenvalue weighted by atomic mass is 10.1. The molecular weight excluding hydrogens is 268 g/mol. The van der Waals surface area contributed by atoms with E-state index in [2.05, 4.69) is 43.1 Å². The molecule has 0 N–H and O–H groups in total. The lowest BCUT2D eigenvalue weighted by Crippen LogP contribution is -2.31. The zero-order valence-electron chi connectivity index (χ0n) is 12.4. The average molecular weight is 288 g/mol. The van der Waals surface area contributed by atoms with Crippen molar-refractivity contribution in [2.24, 2.45) is 0 Å². The van der Waals surface area contributed by atoms with E-state index in [1.165, 1.54) is 5.56 Å². The summed E-state index contributed by atoms with van der Waals surface area (Å²) in [6.45, 7) is 6.07. The Morgan fingerprint density at radius 3 is 2.50 bits per heavy atom. The van der Waals surface area contributed by atoms with Gasteiger partial charge < -0.3 is 4.90 Å². The molecule has 0 aliphatic carbocycles. The number of hydrogen-bond acceptors (Lipinski definition) is 3. The normalized spacial score (nSPS) is 12.2. The Morgan fingerprint density at radius 1 is 1.30 bits per heavy atom. The smallest absolute Gasteiger partial charge is 0.228 e. The fraction of sp³-hybridized carbons (Fsp3) is 0.375. The summed E-state index contributed by atoms with van der Waals surface area (Å²) in [5.74, 6) is 0.100. The number of rotatable bonds is 4. The predicted octanol–water partition coefficient (Wildman–Crippen LogP) is 3.52. The predicted molar refractivity (Wildman–Crippen MR) is 82.9 cm³/mol. The Hall–Kier alpha value is -1.68. The lowest BCUT2D eigenvalue weighted by molar-refractivity contribution is -0.131. The number of nitrogens with zero attached hydrogens (tertiary/aromatic N) is 2. The van der Waals surface area contributed by atoms with Crippen molar-refractivity contribution >= 4 is 17.2 Å². The molecule has 0 aliphatic heterocycles. The molecular formula is C16H20N2OS. The van der Waals surface area contributed by atoms with Crippen molar-refractivity contribution in [3.63, 3.8) is 0 Å². The summed E-state index contributed by atoms with van der Waals surface area (Å²) < 4.78 is 0. The van der Waals surface area contributed by atoms with Crippen LogP contribution in [0.25, 0.3) is 0 Å². The van der Waals surface area contributed by atoms with Crippen LogP contribution in [0, 0.1) is 13.8 Å². The van der Waals surface area contributed by atoms with Gasteiger partial charge in [0, 0.05) is 12.4 Å². The van der Waals surface area contributed by atoms with Gasteiger partial charge in [0.05, 0.1) is 23.2 Å². The first-order chi connectivity index (χ1) is 9.47. The molecule has 2 aromatic rings. The average Bonchev–Trinajstić information content (AvgIpc) is 2.83. The van der Waals surface area contributed by atoms with Gasteiger partial charge in [-0.05, 0) is 26.3 Å². The van der Waals surface area contributed by atoms with Crippen LogP contribution in [-0.2, 0) is 11.2 Å². The van der Waals surface area contributed by atoms with Gasteiger partial charge in [0.15, 0.2) is 0 Å². The van der Waals surface area contributed by atoms with Crippen LogP contribution in [0.15, 0.2) is 29.6 Å². The van der Waals surface area contributed by atoms with E-state index in [0.29, 0.717) is 6.42 Å². The monoisotopic (exact) mass is 288 g/mol. The molecule has 2 rings (SSSR count). The van der Waals surface area contributed by atoms with Crippen LogP contribution in [0.2, 0.25) is 0 Å². The van der Waals surface area contributed by atoms with Crippen molar-refractivity contribution in [1.82, 2.24) is 9.88 Å². The molecule has 1 aromatic heterocycles. The van der Waals surface area contributed by atoms with E-state index in [1.54, 1.807) is 16.2 Å². The van der Waals surface area contributed by atoms with Gasteiger partial charge in [0.2, 0.25) is 5.91 Å². The summed E-state index contributed by atoms with van der Waals surface area (Å²) in [6.07, 6.45) is 0.372. The summed E-state index contributed by atoms with van der Waals surface area (Å²) in [5, 5.41) is 2.96. The first-order valence-electron chi connectivity index (χ1n) is 6.70. The largest absolute Gasteiger partial charge is 0.339 e. The number of aromatic nitrogens is 1. The van der Waals surface area contributed by atoms with Crippen molar-refractivity contribution in [1.29, 1.82) is 0 Å². The number of carbonyl (C=O) groups is 1. The second kappa shape index (κ2) is 6.18. The van der Waals surface area contributed by atoms with Crippen LogP contribution < -0.4 is 0 Å². The quantitative estimate of drug-likeness (QED) is 0.862. The van der Waals surface area contributed by atoms with E-state index in [-0.39, 0.29) is 11.9 Å². The maximum Gasteiger partial charge on any atom is 0.228 e. The lowest BCUT2D eigenvalue weighted by Gasteiger charge is -2.25. The minimum atomic E-state index is 0.0721. The minimum Gasteiger partial charge on any atom is -0.339 e. The van der Waals surface area contributed by atoms with Gasteiger partial charge in [-0.1, -0.05) is 29.8 Å². The first kappa shape index (κ1) is 14.7. The van der Waals surface area contributed by atoms with Crippen LogP contribution >= 0.6 is 11.3 Å². The molecule has 4 heteroatoms. The van der Waals surface area contributed by atoms with E-state index >= 15 is 0 Å². The molecule has 1 amide bonds. The molecule has 0 radical (unpaired) electrons. The Kier molecular flexibility index (Phi) is 4.55. The maximum absolute atomic E-state index is 12.3. The summed E-state index contributed by atoms with van der Waals surface area (Å²) >= 11 is 1.58. The van der Waals surface area contributed by atoms with E-state index < -0.39 is 0 Å². The minimum absolute atomic E-state index is 0.0721. The van der Waals surface area contributed by atoms with Crippen molar-refractivity contribution in [2.75, 3.05) is 7.05 Å². The van der Waals surface area contributed by atoms with Gasteiger partial charge in [-0.3, -0.25) is 4.79 Å². The topological polar surface area (TPSA) is 33.2 Å². The molecule has 106 valence electrons. The Balaban J connectivity index is 2.04. The van der Waals surface area contributed by atoms with Gasteiger partial charge in [0.25, 0.3) is 0 Å². The highest BCUT2D eigenvalue weighted by atomic mass is 32.1. The van der Waals surface area contributed by atoms with E-state index in [0.717, 1.165) is 16.3 Å². The molecule has 1 heterocycles. The summed E-state index contributed by atoms with van der Waals surface area (Å²) in [7, 11) is 1.85. The first-order valence-corrected chi connectivity index (χ1v) is 7.58. The third-order valence-corrected chi connectivity index (χ3v) is 4.36. The molecule has 1 unspecified atom stereocenters. The van der Waals surface area contributed by atoms with Gasteiger partial charge in [-0.15, -0.1) is 11.3 Å². The van der Waals surface area contributed by atoms with E-state index in [1.807, 2.05) is 19.4 Å². The molecule has 3 nitrogen and oxygen atoms in total. The Labute approximate surface area is 124 Å². The number of benzene rings is 1.